The number of carbonyl (C=O) groups excluding carboxylic acids is 2. The number of halogens is 2. The maximum absolute atomic E-state index is 14.2. The molecule has 150 valence electrons. The van der Waals surface area contributed by atoms with E-state index in [1.165, 1.54) is 18.2 Å². The fourth-order valence-electron chi connectivity index (χ4n) is 2.49. The van der Waals surface area contributed by atoms with Crippen LogP contribution in [0.4, 0.5) is 13.6 Å². The van der Waals surface area contributed by atoms with Gasteiger partial charge in [-0.2, -0.15) is 0 Å². The fraction of sp³-hybridized carbons (Fsp3) is 0.105. The molecule has 3 rings (SSSR count). The summed E-state index contributed by atoms with van der Waals surface area (Å²) >= 11 is 0.772. The van der Waals surface area contributed by atoms with E-state index in [1.54, 1.807) is 12.1 Å². The Morgan fingerprint density at radius 2 is 1.83 bits per heavy atom. The number of hydrogen-bond acceptors (Lipinski definition) is 6. The van der Waals surface area contributed by atoms with Gasteiger partial charge >= 0.3 is 5.97 Å². The lowest BCUT2D eigenvalue weighted by Gasteiger charge is -2.11. The zero-order valence-electron chi connectivity index (χ0n) is 14.6. The van der Waals surface area contributed by atoms with Gasteiger partial charge in [0.25, 0.3) is 11.1 Å². The summed E-state index contributed by atoms with van der Waals surface area (Å²) in [5, 5.41) is 10.5. The normalized spacial score (nSPS) is 16.0. The quantitative estimate of drug-likeness (QED) is 0.615. The standard InChI is InChI=1S/C19H14F2N2O5S/c20-12-5-10(7-14(22)18(25)26)6-13(21)16(12)28-11-3-1-9(2-4-11)8-15-17(24)23-19(27)29-15/h1-6,8,14H,7,22H2,(H,25,26)(H,23,24,27)/b15-8-. The van der Waals surface area contributed by atoms with Crippen LogP contribution in [0.3, 0.4) is 0 Å². The van der Waals surface area contributed by atoms with Crippen LogP contribution >= 0.6 is 11.8 Å². The Labute approximate surface area is 167 Å². The summed E-state index contributed by atoms with van der Waals surface area (Å²) in [7, 11) is 0. The molecule has 1 aliphatic rings. The minimum atomic E-state index is -1.28. The third kappa shape index (κ3) is 4.98. The van der Waals surface area contributed by atoms with E-state index in [1.807, 2.05) is 0 Å². The first-order chi connectivity index (χ1) is 13.7. The van der Waals surface area contributed by atoms with Crippen molar-refractivity contribution in [2.45, 2.75) is 12.5 Å². The van der Waals surface area contributed by atoms with E-state index in [4.69, 9.17) is 15.6 Å². The Morgan fingerprint density at radius 1 is 1.21 bits per heavy atom. The Kier molecular flexibility index (Phi) is 5.95. The number of ether oxygens (including phenoxy) is 1. The van der Waals surface area contributed by atoms with Crippen LogP contribution in [0, 0.1) is 11.6 Å². The first kappa shape index (κ1) is 20.5. The van der Waals surface area contributed by atoms with E-state index < -0.39 is 40.5 Å². The van der Waals surface area contributed by atoms with Crippen LogP contribution in [0.15, 0.2) is 41.3 Å². The number of hydrogen-bond donors (Lipinski definition) is 3. The average molecular weight is 420 g/mol. The number of carboxylic acids is 1. The van der Waals surface area contributed by atoms with Crippen molar-refractivity contribution in [3.05, 3.63) is 64.1 Å². The molecule has 0 bridgehead atoms. The highest BCUT2D eigenvalue weighted by molar-refractivity contribution is 8.18. The van der Waals surface area contributed by atoms with Crippen LogP contribution in [0.25, 0.3) is 6.08 Å². The first-order valence-electron chi connectivity index (χ1n) is 8.22. The number of benzene rings is 2. The molecule has 1 heterocycles. The van der Waals surface area contributed by atoms with Crippen LogP contribution in [0.1, 0.15) is 11.1 Å². The molecule has 1 saturated heterocycles. The van der Waals surface area contributed by atoms with E-state index >= 15 is 0 Å². The Bertz CT molecular complexity index is 1000. The zero-order valence-corrected chi connectivity index (χ0v) is 15.5. The molecule has 0 radical (unpaired) electrons. The molecule has 1 fully saturated rings. The molecule has 1 atom stereocenters. The number of nitrogens with one attached hydrogen (secondary N) is 1. The van der Waals surface area contributed by atoms with Gasteiger partial charge in [0.15, 0.2) is 17.4 Å². The van der Waals surface area contributed by atoms with Crippen molar-refractivity contribution >= 4 is 35.0 Å². The lowest BCUT2D eigenvalue weighted by atomic mass is 10.1. The minimum Gasteiger partial charge on any atom is -0.480 e. The van der Waals surface area contributed by atoms with Gasteiger partial charge in [0.05, 0.1) is 4.91 Å². The van der Waals surface area contributed by atoms with Gasteiger partial charge in [0.2, 0.25) is 0 Å². The van der Waals surface area contributed by atoms with Crippen LogP contribution in [-0.2, 0) is 16.0 Å². The zero-order chi connectivity index (χ0) is 21.1. The van der Waals surface area contributed by atoms with Gasteiger partial charge in [-0.15, -0.1) is 0 Å². The second-order valence-electron chi connectivity index (χ2n) is 6.06. The first-order valence-corrected chi connectivity index (χ1v) is 9.03. The Hall–Kier alpha value is -3.24. The van der Waals surface area contributed by atoms with E-state index in [9.17, 15) is 23.2 Å². The Balaban J connectivity index is 1.75. The molecule has 0 aromatic heterocycles. The Morgan fingerprint density at radius 3 is 2.34 bits per heavy atom. The average Bonchev–Trinajstić information content (AvgIpc) is 2.96. The molecule has 0 saturated carbocycles. The third-order valence-electron chi connectivity index (χ3n) is 3.87. The molecule has 10 heteroatoms. The number of amides is 2. The molecule has 1 unspecified atom stereocenters. The van der Waals surface area contributed by atoms with E-state index in [0.29, 0.717) is 5.56 Å². The summed E-state index contributed by atoms with van der Waals surface area (Å²) in [5.41, 5.74) is 6.05. The van der Waals surface area contributed by atoms with E-state index in [0.717, 1.165) is 23.9 Å². The van der Waals surface area contributed by atoms with Crippen molar-refractivity contribution in [1.29, 1.82) is 0 Å². The van der Waals surface area contributed by atoms with Crippen LogP contribution < -0.4 is 15.8 Å². The summed E-state index contributed by atoms with van der Waals surface area (Å²) in [6.07, 6.45) is 1.26. The number of nitrogens with two attached hydrogens (primary N) is 1. The van der Waals surface area contributed by atoms with Gasteiger partial charge in [-0.05, 0) is 59.7 Å². The highest BCUT2D eigenvalue weighted by Gasteiger charge is 2.25. The topological polar surface area (TPSA) is 119 Å². The molecule has 4 N–H and O–H groups in total. The molecule has 29 heavy (non-hydrogen) atoms. The van der Waals surface area contributed by atoms with Crippen LogP contribution in [0.2, 0.25) is 0 Å². The molecule has 7 nitrogen and oxygen atoms in total. The van der Waals surface area contributed by atoms with Gasteiger partial charge < -0.3 is 15.6 Å². The smallest absolute Gasteiger partial charge is 0.320 e. The maximum Gasteiger partial charge on any atom is 0.320 e. The highest BCUT2D eigenvalue weighted by Crippen LogP contribution is 2.30. The van der Waals surface area contributed by atoms with Crippen molar-refractivity contribution in [3.8, 4) is 11.5 Å². The van der Waals surface area contributed by atoms with Crippen molar-refractivity contribution in [1.82, 2.24) is 5.32 Å². The number of carboxylic acid groups (broad SMARTS) is 1. The van der Waals surface area contributed by atoms with Crippen LogP contribution in [-0.4, -0.2) is 28.3 Å². The highest BCUT2D eigenvalue weighted by atomic mass is 32.2. The third-order valence-corrected chi connectivity index (χ3v) is 4.68. The molecular formula is C19H14F2N2O5S. The summed E-state index contributed by atoms with van der Waals surface area (Å²) in [6, 6.07) is 6.64. The van der Waals surface area contributed by atoms with E-state index in [-0.39, 0.29) is 22.6 Å². The largest absolute Gasteiger partial charge is 0.480 e. The number of carbonyl (C=O) groups is 3. The molecule has 1 aliphatic heterocycles. The number of rotatable bonds is 6. The van der Waals surface area contributed by atoms with Crippen molar-refractivity contribution in [2.75, 3.05) is 0 Å². The van der Waals surface area contributed by atoms with Crippen LogP contribution in [0.5, 0.6) is 11.5 Å². The lowest BCUT2D eigenvalue weighted by Crippen LogP contribution is -2.32. The maximum atomic E-state index is 14.2. The molecule has 2 amide bonds. The van der Waals surface area contributed by atoms with Gasteiger partial charge in [-0.3, -0.25) is 19.7 Å². The minimum absolute atomic E-state index is 0.0890. The number of imide groups is 1. The molecular weight excluding hydrogens is 406 g/mol. The second kappa shape index (κ2) is 8.41. The second-order valence-corrected chi connectivity index (χ2v) is 7.08. The van der Waals surface area contributed by atoms with Crippen molar-refractivity contribution in [2.24, 2.45) is 5.73 Å². The molecule has 0 aliphatic carbocycles. The summed E-state index contributed by atoms with van der Waals surface area (Å²) in [5.74, 6) is -4.27. The van der Waals surface area contributed by atoms with E-state index in [2.05, 4.69) is 5.32 Å². The number of aliphatic carboxylic acids is 1. The summed E-state index contributed by atoms with van der Waals surface area (Å²) in [4.78, 5) is 33.7. The monoisotopic (exact) mass is 420 g/mol. The SMILES string of the molecule is NC(Cc1cc(F)c(Oc2ccc(/C=C3\SC(=O)NC3=O)cc2)c(F)c1)C(=O)O. The molecule has 2 aromatic carbocycles. The summed E-state index contributed by atoms with van der Waals surface area (Å²) in [6.45, 7) is 0. The predicted molar refractivity (Wildman–Crippen MR) is 101 cm³/mol. The summed E-state index contributed by atoms with van der Waals surface area (Å²) < 4.78 is 33.7. The van der Waals surface area contributed by atoms with Crippen molar-refractivity contribution in [3.63, 3.8) is 0 Å². The number of thioether (sulfide) groups is 1. The van der Waals surface area contributed by atoms with Gasteiger partial charge in [0, 0.05) is 0 Å². The molecule has 2 aromatic rings. The van der Waals surface area contributed by atoms with Gasteiger partial charge in [0.1, 0.15) is 11.8 Å². The lowest BCUT2D eigenvalue weighted by molar-refractivity contribution is -0.138. The predicted octanol–water partition coefficient (Wildman–Crippen LogP) is 3.04. The fourth-order valence-corrected chi connectivity index (χ4v) is 3.17. The molecule has 0 spiro atoms. The van der Waals surface area contributed by atoms with Gasteiger partial charge in [-0.25, -0.2) is 8.78 Å². The van der Waals surface area contributed by atoms with Crippen molar-refractivity contribution < 1.29 is 33.0 Å². The van der Waals surface area contributed by atoms with Gasteiger partial charge in [-0.1, -0.05) is 12.1 Å².